The number of halogens is 1. The standard InChI is InChI=1S/C22H24ClN3O2/c1-17(27)25-20-7-10-21(11-8-20)28-22(12-14-26-15-13-24-16-26)9-4-18-2-5-19(23)6-3-18/h2-3,5-8,10-11,13,15-16,22H,4,9,12,14H2,1H3,(H,25,27). The van der Waals surface area contributed by atoms with Gasteiger partial charge in [-0.15, -0.1) is 0 Å². The summed E-state index contributed by atoms with van der Waals surface area (Å²) in [6.45, 7) is 2.34. The van der Waals surface area contributed by atoms with E-state index in [4.69, 9.17) is 16.3 Å². The largest absolute Gasteiger partial charge is 0.490 e. The van der Waals surface area contributed by atoms with Gasteiger partial charge in [-0.2, -0.15) is 0 Å². The van der Waals surface area contributed by atoms with Crippen molar-refractivity contribution in [1.29, 1.82) is 0 Å². The van der Waals surface area contributed by atoms with Crippen LogP contribution in [0.2, 0.25) is 5.02 Å². The second kappa shape index (κ2) is 9.95. The van der Waals surface area contributed by atoms with Gasteiger partial charge in [-0.3, -0.25) is 4.79 Å². The van der Waals surface area contributed by atoms with Crippen LogP contribution in [0.1, 0.15) is 25.3 Å². The number of nitrogens with one attached hydrogen (secondary N) is 1. The Morgan fingerprint density at radius 3 is 2.54 bits per heavy atom. The number of carbonyl (C=O) groups is 1. The molecule has 28 heavy (non-hydrogen) atoms. The Morgan fingerprint density at radius 1 is 1.14 bits per heavy atom. The Hall–Kier alpha value is -2.79. The van der Waals surface area contributed by atoms with E-state index < -0.39 is 0 Å². The first kappa shape index (κ1) is 20.0. The maximum Gasteiger partial charge on any atom is 0.221 e. The summed E-state index contributed by atoms with van der Waals surface area (Å²) in [4.78, 5) is 15.3. The van der Waals surface area contributed by atoms with E-state index in [1.807, 2.05) is 48.9 Å². The molecule has 1 N–H and O–H groups in total. The molecule has 0 bridgehead atoms. The van der Waals surface area contributed by atoms with E-state index in [9.17, 15) is 4.79 Å². The van der Waals surface area contributed by atoms with E-state index in [0.29, 0.717) is 0 Å². The first-order chi connectivity index (χ1) is 13.6. The molecule has 1 heterocycles. The Morgan fingerprint density at radius 2 is 1.89 bits per heavy atom. The number of ether oxygens (including phenoxy) is 1. The average Bonchev–Trinajstić information content (AvgIpc) is 3.20. The molecule has 0 spiro atoms. The highest BCUT2D eigenvalue weighted by Gasteiger charge is 2.12. The molecule has 0 radical (unpaired) electrons. The SMILES string of the molecule is CC(=O)Nc1ccc(OC(CCc2ccc(Cl)cc2)CCn2ccnc2)cc1. The predicted molar refractivity (Wildman–Crippen MR) is 112 cm³/mol. The average molecular weight is 398 g/mol. The van der Waals surface area contributed by atoms with Gasteiger partial charge in [-0.05, 0) is 54.8 Å². The number of carbonyl (C=O) groups excluding carboxylic acids is 1. The van der Waals surface area contributed by atoms with E-state index >= 15 is 0 Å². The van der Waals surface area contributed by atoms with Gasteiger partial charge in [0.05, 0.1) is 6.33 Å². The molecule has 0 saturated heterocycles. The van der Waals surface area contributed by atoms with Crippen LogP contribution in [-0.4, -0.2) is 21.6 Å². The molecule has 0 aliphatic heterocycles. The van der Waals surface area contributed by atoms with E-state index in [-0.39, 0.29) is 12.0 Å². The van der Waals surface area contributed by atoms with Crippen LogP contribution in [0.4, 0.5) is 5.69 Å². The fourth-order valence-corrected chi connectivity index (χ4v) is 3.09. The monoisotopic (exact) mass is 397 g/mol. The number of hydrogen-bond acceptors (Lipinski definition) is 3. The van der Waals surface area contributed by atoms with Crippen LogP contribution < -0.4 is 10.1 Å². The summed E-state index contributed by atoms with van der Waals surface area (Å²) >= 11 is 5.97. The molecule has 1 aromatic heterocycles. The maximum absolute atomic E-state index is 11.2. The van der Waals surface area contributed by atoms with Crippen LogP contribution in [0.25, 0.3) is 0 Å². The molecule has 0 saturated carbocycles. The number of benzene rings is 2. The zero-order valence-electron chi connectivity index (χ0n) is 15.8. The molecular formula is C22H24ClN3O2. The lowest BCUT2D eigenvalue weighted by atomic mass is 10.0. The van der Waals surface area contributed by atoms with Gasteiger partial charge < -0.3 is 14.6 Å². The third kappa shape index (κ3) is 6.43. The number of anilines is 1. The lowest BCUT2D eigenvalue weighted by molar-refractivity contribution is -0.114. The third-order valence-electron chi connectivity index (χ3n) is 4.41. The molecule has 6 heteroatoms. The summed E-state index contributed by atoms with van der Waals surface area (Å²) in [6.07, 6.45) is 8.29. The predicted octanol–water partition coefficient (Wildman–Crippen LogP) is 4.97. The normalized spacial score (nSPS) is 11.8. The number of nitrogens with zero attached hydrogens (tertiary/aromatic N) is 2. The molecule has 5 nitrogen and oxygen atoms in total. The minimum Gasteiger partial charge on any atom is -0.490 e. The van der Waals surface area contributed by atoms with Crippen molar-refractivity contribution in [3.63, 3.8) is 0 Å². The molecule has 1 unspecified atom stereocenters. The third-order valence-corrected chi connectivity index (χ3v) is 4.67. The minimum absolute atomic E-state index is 0.0599. The van der Waals surface area contributed by atoms with E-state index in [1.165, 1.54) is 12.5 Å². The molecule has 0 aliphatic rings. The fraction of sp³-hybridized carbons (Fsp3) is 0.273. The van der Waals surface area contributed by atoms with Gasteiger partial charge in [0.15, 0.2) is 0 Å². The summed E-state index contributed by atoms with van der Waals surface area (Å²) in [7, 11) is 0. The Labute approximate surface area is 170 Å². The maximum atomic E-state index is 11.2. The van der Waals surface area contributed by atoms with Gasteiger partial charge in [-0.1, -0.05) is 23.7 Å². The summed E-state index contributed by atoms with van der Waals surface area (Å²) < 4.78 is 8.30. The Kier molecular flexibility index (Phi) is 7.09. The van der Waals surface area contributed by atoms with Crippen molar-refractivity contribution in [2.45, 2.75) is 38.8 Å². The lowest BCUT2D eigenvalue weighted by Crippen LogP contribution is -2.20. The van der Waals surface area contributed by atoms with Crippen molar-refractivity contribution < 1.29 is 9.53 Å². The molecular weight excluding hydrogens is 374 g/mol. The summed E-state index contributed by atoms with van der Waals surface area (Å²) in [5.74, 6) is 0.704. The first-order valence-corrected chi connectivity index (χ1v) is 9.71. The number of amides is 1. The van der Waals surface area contributed by atoms with Gasteiger partial charge >= 0.3 is 0 Å². The van der Waals surface area contributed by atoms with Crippen LogP contribution in [0.3, 0.4) is 0 Å². The molecule has 3 rings (SSSR count). The second-order valence-electron chi connectivity index (χ2n) is 6.70. The summed E-state index contributed by atoms with van der Waals surface area (Å²) in [5.41, 5.74) is 2.00. The van der Waals surface area contributed by atoms with Crippen molar-refractivity contribution in [2.75, 3.05) is 5.32 Å². The fourth-order valence-electron chi connectivity index (χ4n) is 2.97. The topological polar surface area (TPSA) is 56.1 Å². The van der Waals surface area contributed by atoms with E-state index in [1.54, 1.807) is 6.20 Å². The van der Waals surface area contributed by atoms with Gasteiger partial charge in [-0.25, -0.2) is 4.98 Å². The highest BCUT2D eigenvalue weighted by Crippen LogP contribution is 2.21. The zero-order chi connectivity index (χ0) is 19.8. The van der Waals surface area contributed by atoms with Crippen molar-refractivity contribution in [1.82, 2.24) is 9.55 Å². The summed E-state index contributed by atoms with van der Waals surface area (Å²) in [5, 5.41) is 3.51. The van der Waals surface area contributed by atoms with Crippen LogP contribution in [-0.2, 0) is 17.8 Å². The quantitative estimate of drug-likeness (QED) is 0.554. The summed E-state index contributed by atoms with van der Waals surface area (Å²) in [6, 6.07) is 15.4. The lowest BCUT2D eigenvalue weighted by Gasteiger charge is -2.20. The number of aryl methyl sites for hydroxylation is 2. The van der Waals surface area contributed by atoms with E-state index in [0.717, 1.165) is 42.3 Å². The van der Waals surface area contributed by atoms with Crippen LogP contribution in [0.5, 0.6) is 5.75 Å². The highest BCUT2D eigenvalue weighted by molar-refractivity contribution is 6.30. The number of aromatic nitrogens is 2. The van der Waals surface area contributed by atoms with Gasteiger partial charge in [0.2, 0.25) is 5.91 Å². The van der Waals surface area contributed by atoms with E-state index in [2.05, 4.69) is 27.0 Å². The second-order valence-corrected chi connectivity index (χ2v) is 7.14. The van der Waals surface area contributed by atoms with Crippen molar-refractivity contribution >= 4 is 23.2 Å². The number of hydrogen-bond donors (Lipinski definition) is 1. The smallest absolute Gasteiger partial charge is 0.221 e. The van der Waals surface area contributed by atoms with Gasteiger partial charge in [0, 0.05) is 43.0 Å². The molecule has 1 amide bonds. The van der Waals surface area contributed by atoms with Crippen molar-refractivity contribution in [2.24, 2.45) is 0 Å². The number of rotatable bonds is 9. The highest BCUT2D eigenvalue weighted by atomic mass is 35.5. The molecule has 2 aromatic carbocycles. The molecule has 0 aliphatic carbocycles. The van der Waals surface area contributed by atoms with Crippen LogP contribution in [0, 0.1) is 0 Å². The van der Waals surface area contributed by atoms with Gasteiger partial charge in [0.1, 0.15) is 11.9 Å². The minimum atomic E-state index is -0.0881. The number of imidazole rings is 1. The first-order valence-electron chi connectivity index (χ1n) is 9.33. The molecule has 146 valence electrons. The van der Waals surface area contributed by atoms with Crippen LogP contribution in [0.15, 0.2) is 67.3 Å². The zero-order valence-corrected chi connectivity index (χ0v) is 16.6. The van der Waals surface area contributed by atoms with Crippen molar-refractivity contribution in [3.8, 4) is 5.75 Å². The molecule has 3 aromatic rings. The Bertz CT molecular complexity index is 862. The van der Waals surface area contributed by atoms with Gasteiger partial charge in [0.25, 0.3) is 0 Å². The molecule has 1 atom stereocenters. The van der Waals surface area contributed by atoms with Crippen LogP contribution >= 0.6 is 11.6 Å². The molecule has 0 fully saturated rings. The van der Waals surface area contributed by atoms with Crippen molar-refractivity contribution in [3.05, 3.63) is 77.8 Å². The Balaban J connectivity index is 1.62.